The zero-order chi connectivity index (χ0) is 25.6. The third kappa shape index (κ3) is 6.58. The molecule has 0 radical (unpaired) electrons. The van der Waals surface area contributed by atoms with E-state index in [1.54, 1.807) is 0 Å². The summed E-state index contributed by atoms with van der Waals surface area (Å²) in [4.78, 5) is 40.5. The molecule has 2 aliphatic heterocycles. The molecular formula is C26H34BrNO7. The average Bonchev–Trinajstić information content (AvgIpc) is 3.22. The number of hydrogen-bond acceptors (Lipinski definition) is 7. The molecule has 0 saturated carbocycles. The second-order valence-corrected chi connectivity index (χ2v) is 10.4. The van der Waals surface area contributed by atoms with Crippen LogP contribution in [-0.4, -0.2) is 64.0 Å². The van der Waals surface area contributed by atoms with Crippen molar-refractivity contribution in [1.29, 1.82) is 0 Å². The quantitative estimate of drug-likeness (QED) is 0.403. The number of hydrogen-bond donors (Lipinski definition) is 2. The molecule has 0 spiro atoms. The van der Waals surface area contributed by atoms with Crippen LogP contribution in [0, 0.1) is 11.8 Å². The van der Waals surface area contributed by atoms with Gasteiger partial charge in [0.25, 0.3) is 0 Å². The first-order chi connectivity index (χ1) is 16.7. The average molecular weight is 552 g/mol. The lowest BCUT2D eigenvalue weighted by molar-refractivity contribution is -0.218. The van der Waals surface area contributed by atoms with Crippen molar-refractivity contribution in [3.05, 3.63) is 46.5 Å². The Kier molecular flexibility index (Phi) is 9.63. The van der Waals surface area contributed by atoms with Crippen LogP contribution in [0.2, 0.25) is 0 Å². The second kappa shape index (κ2) is 12.3. The van der Waals surface area contributed by atoms with Crippen molar-refractivity contribution in [2.45, 2.75) is 70.3 Å². The summed E-state index contributed by atoms with van der Waals surface area (Å²) < 4.78 is 11.4. The lowest BCUT2D eigenvalue weighted by atomic mass is 9.87. The van der Waals surface area contributed by atoms with Crippen LogP contribution in [-0.2, 0) is 25.5 Å². The number of aliphatic hydroxyl groups is 2. The summed E-state index contributed by atoms with van der Waals surface area (Å²) >= 11 is 3.27. The van der Waals surface area contributed by atoms with E-state index >= 15 is 0 Å². The smallest absolute Gasteiger partial charge is 0.416 e. The fraction of sp³-hybridized carbons (Fsp3) is 0.577. The minimum absolute atomic E-state index is 0.0318. The van der Waals surface area contributed by atoms with E-state index < -0.39 is 41.6 Å². The zero-order valence-electron chi connectivity index (χ0n) is 20.2. The van der Waals surface area contributed by atoms with Gasteiger partial charge in [-0.1, -0.05) is 57.0 Å². The molecule has 2 heterocycles. The molecule has 0 aliphatic carbocycles. The summed E-state index contributed by atoms with van der Waals surface area (Å²) in [6.07, 6.45) is 2.49. The first kappa shape index (κ1) is 27.5. The molecule has 0 aromatic heterocycles. The maximum atomic E-state index is 13.8. The van der Waals surface area contributed by atoms with Crippen LogP contribution in [0.1, 0.15) is 51.5 Å². The van der Waals surface area contributed by atoms with Crippen LogP contribution in [0.4, 0.5) is 4.79 Å². The highest BCUT2D eigenvalue weighted by molar-refractivity contribution is 9.11. The van der Waals surface area contributed by atoms with Gasteiger partial charge in [-0.15, -0.1) is 0 Å². The molecular weight excluding hydrogens is 518 g/mol. The van der Waals surface area contributed by atoms with Gasteiger partial charge >= 0.3 is 6.09 Å². The lowest BCUT2D eigenvalue weighted by Crippen LogP contribution is -2.54. The normalized spacial score (nSPS) is 25.5. The summed E-state index contributed by atoms with van der Waals surface area (Å²) in [5, 5.41) is 20.3. The summed E-state index contributed by atoms with van der Waals surface area (Å²) in [6, 6.07) is 8.76. The number of ketones is 1. The maximum Gasteiger partial charge on any atom is 0.416 e. The molecule has 9 heteroatoms. The lowest BCUT2D eigenvalue weighted by Gasteiger charge is -2.39. The monoisotopic (exact) mass is 551 g/mol. The molecule has 2 N–H and O–H groups in total. The second-order valence-electron chi connectivity index (χ2n) is 9.50. The van der Waals surface area contributed by atoms with Crippen molar-refractivity contribution in [1.82, 2.24) is 4.90 Å². The standard InChI is InChI=1S/C26H34BrNO7/c1-17(2)20-16-34-25(32)28(20)24(31)19(14-18-10-6-5-7-11-18)23-21(30)15-22(27)26(33,35-23)12-8-3-4-9-13-29/h5-7,10-11,15,17,19-20,23,29,33H,3-4,8-9,12-14,16H2,1-2H3/t19-,20+,23-,26+/m0/s1. The Morgan fingerprint density at radius 2 is 1.86 bits per heavy atom. The number of ether oxygens (including phenoxy) is 2. The van der Waals surface area contributed by atoms with E-state index in [9.17, 15) is 19.5 Å². The molecule has 2 amide bonds. The van der Waals surface area contributed by atoms with Gasteiger partial charge in [-0.3, -0.25) is 9.59 Å². The Labute approximate surface area is 214 Å². The number of carbonyl (C=O) groups excluding carboxylic acids is 3. The number of cyclic esters (lactones) is 1. The topological polar surface area (TPSA) is 113 Å². The van der Waals surface area contributed by atoms with Crippen LogP contribution >= 0.6 is 15.9 Å². The highest BCUT2D eigenvalue weighted by Crippen LogP contribution is 2.38. The van der Waals surface area contributed by atoms with Crippen LogP contribution in [0.5, 0.6) is 0 Å². The van der Waals surface area contributed by atoms with Gasteiger partial charge in [0, 0.05) is 13.0 Å². The number of imide groups is 1. The predicted molar refractivity (Wildman–Crippen MR) is 132 cm³/mol. The summed E-state index contributed by atoms with van der Waals surface area (Å²) in [5.41, 5.74) is 0.803. The van der Waals surface area contributed by atoms with E-state index in [0.29, 0.717) is 12.8 Å². The Hall–Kier alpha value is -2.07. The van der Waals surface area contributed by atoms with Crippen LogP contribution in [0.3, 0.4) is 0 Å². The van der Waals surface area contributed by atoms with Gasteiger partial charge in [0.1, 0.15) is 12.7 Å². The fourth-order valence-electron chi connectivity index (χ4n) is 4.48. The molecule has 3 rings (SSSR count). The fourth-order valence-corrected chi connectivity index (χ4v) is 5.00. The number of aliphatic hydroxyl groups excluding tert-OH is 1. The number of amides is 2. The van der Waals surface area contributed by atoms with Crippen molar-refractivity contribution in [2.24, 2.45) is 11.8 Å². The molecule has 35 heavy (non-hydrogen) atoms. The molecule has 4 atom stereocenters. The molecule has 192 valence electrons. The van der Waals surface area contributed by atoms with E-state index in [4.69, 9.17) is 14.6 Å². The van der Waals surface area contributed by atoms with Gasteiger partial charge in [0.05, 0.1) is 16.4 Å². The molecule has 2 aliphatic rings. The third-order valence-corrected chi connectivity index (χ3v) is 7.41. The SMILES string of the molecule is CC(C)[C@H]1COC(=O)N1C(=O)[C@@H](Cc1ccccc1)[C@@H]1O[C@](O)(CCCCCCO)C(Br)=CC1=O. The highest BCUT2D eigenvalue weighted by atomic mass is 79.9. The number of carbonyl (C=O) groups is 3. The number of rotatable bonds is 11. The third-order valence-electron chi connectivity index (χ3n) is 6.56. The maximum absolute atomic E-state index is 13.8. The summed E-state index contributed by atoms with van der Waals surface area (Å²) in [7, 11) is 0. The molecule has 8 nitrogen and oxygen atoms in total. The summed E-state index contributed by atoms with van der Waals surface area (Å²) in [5.74, 6) is -3.84. The van der Waals surface area contributed by atoms with Crippen LogP contribution in [0.25, 0.3) is 0 Å². The molecule has 1 saturated heterocycles. The molecule has 0 unspecified atom stereocenters. The predicted octanol–water partition coefficient (Wildman–Crippen LogP) is 3.73. The number of halogens is 1. The Morgan fingerprint density at radius 1 is 1.17 bits per heavy atom. The van der Waals surface area contributed by atoms with Crippen molar-refractivity contribution >= 4 is 33.7 Å². The number of benzene rings is 1. The molecule has 1 fully saturated rings. The van der Waals surface area contributed by atoms with Crippen LogP contribution in [0.15, 0.2) is 40.9 Å². The van der Waals surface area contributed by atoms with Gasteiger partial charge in [0.15, 0.2) is 11.6 Å². The van der Waals surface area contributed by atoms with Crippen molar-refractivity contribution in [3.63, 3.8) is 0 Å². The Morgan fingerprint density at radius 3 is 2.51 bits per heavy atom. The molecule has 1 aromatic carbocycles. The number of unbranched alkanes of at least 4 members (excludes halogenated alkanes) is 3. The van der Waals surface area contributed by atoms with E-state index in [-0.39, 0.29) is 36.5 Å². The van der Waals surface area contributed by atoms with E-state index in [2.05, 4.69) is 15.9 Å². The summed E-state index contributed by atoms with van der Waals surface area (Å²) in [6.45, 7) is 4.01. The minimum Gasteiger partial charge on any atom is -0.447 e. The molecule has 0 bridgehead atoms. The van der Waals surface area contributed by atoms with Crippen molar-refractivity contribution in [2.75, 3.05) is 13.2 Å². The molecule has 1 aromatic rings. The van der Waals surface area contributed by atoms with Gasteiger partial charge in [-0.05, 0) is 52.7 Å². The van der Waals surface area contributed by atoms with Gasteiger partial charge in [0.2, 0.25) is 5.91 Å². The highest BCUT2D eigenvalue weighted by Gasteiger charge is 2.50. The van der Waals surface area contributed by atoms with E-state index in [0.717, 1.165) is 23.3 Å². The van der Waals surface area contributed by atoms with Gasteiger partial charge < -0.3 is 19.7 Å². The first-order valence-electron chi connectivity index (χ1n) is 12.1. The minimum atomic E-state index is -1.77. The van der Waals surface area contributed by atoms with Gasteiger partial charge in [-0.2, -0.15) is 0 Å². The Bertz CT molecular complexity index is 935. The van der Waals surface area contributed by atoms with E-state index in [1.807, 2.05) is 44.2 Å². The largest absolute Gasteiger partial charge is 0.447 e. The van der Waals surface area contributed by atoms with Gasteiger partial charge in [-0.25, -0.2) is 9.69 Å². The zero-order valence-corrected chi connectivity index (χ0v) is 21.8. The van der Waals surface area contributed by atoms with Crippen molar-refractivity contribution < 1.29 is 34.1 Å². The Balaban J connectivity index is 1.89. The van der Waals surface area contributed by atoms with E-state index in [1.165, 1.54) is 6.08 Å². The van der Waals surface area contributed by atoms with Crippen LogP contribution < -0.4 is 0 Å². The van der Waals surface area contributed by atoms with Crippen molar-refractivity contribution in [3.8, 4) is 0 Å². The number of nitrogens with zero attached hydrogens (tertiary/aromatic N) is 1. The first-order valence-corrected chi connectivity index (χ1v) is 12.9.